The Bertz CT molecular complexity index is 304. The molecule has 19 heavy (non-hydrogen) atoms. The van der Waals surface area contributed by atoms with Gasteiger partial charge in [-0.15, -0.1) is 0 Å². The predicted octanol–water partition coefficient (Wildman–Crippen LogP) is 0.584. The molecule has 1 aliphatic heterocycles. The molecule has 5 nitrogen and oxygen atoms in total. The van der Waals surface area contributed by atoms with Gasteiger partial charge < -0.3 is 16.0 Å². The number of rotatable bonds is 6. The molecule has 0 aliphatic carbocycles. The summed E-state index contributed by atoms with van der Waals surface area (Å²) >= 11 is 1.71. The molecule has 1 fully saturated rings. The Labute approximate surface area is 119 Å². The molecule has 1 saturated heterocycles. The highest BCUT2D eigenvalue weighted by Crippen LogP contribution is 2.12. The van der Waals surface area contributed by atoms with E-state index < -0.39 is 0 Å². The van der Waals surface area contributed by atoms with E-state index in [0.29, 0.717) is 19.5 Å². The number of nitrogens with zero attached hydrogens (tertiary/aromatic N) is 1. The van der Waals surface area contributed by atoms with Crippen LogP contribution >= 0.6 is 11.8 Å². The predicted molar refractivity (Wildman–Crippen MR) is 79.0 cm³/mol. The third kappa shape index (κ3) is 5.40. The lowest BCUT2D eigenvalue weighted by molar-refractivity contribution is -0.133. The summed E-state index contributed by atoms with van der Waals surface area (Å²) in [4.78, 5) is 25.2. The second kappa shape index (κ2) is 8.43. The van der Waals surface area contributed by atoms with E-state index >= 15 is 0 Å². The minimum absolute atomic E-state index is 0.0503. The lowest BCUT2D eigenvalue weighted by Crippen LogP contribution is -2.51. The van der Waals surface area contributed by atoms with Crippen molar-refractivity contribution in [3.8, 4) is 0 Å². The summed E-state index contributed by atoms with van der Waals surface area (Å²) in [5.74, 6) is 1.05. The Kier molecular flexibility index (Phi) is 7.23. The van der Waals surface area contributed by atoms with Crippen molar-refractivity contribution in [1.82, 2.24) is 10.2 Å². The number of likely N-dealkylation sites (tertiary alicyclic amines) is 1. The van der Waals surface area contributed by atoms with Gasteiger partial charge in [0.2, 0.25) is 11.8 Å². The fourth-order valence-electron chi connectivity index (χ4n) is 2.18. The van der Waals surface area contributed by atoms with Crippen LogP contribution in [0.15, 0.2) is 0 Å². The van der Waals surface area contributed by atoms with Crippen LogP contribution in [-0.4, -0.2) is 53.9 Å². The van der Waals surface area contributed by atoms with Crippen LogP contribution in [0.5, 0.6) is 0 Å². The van der Waals surface area contributed by atoms with E-state index in [1.54, 1.807) is 11.8 Å². The fourth-order valence-corrected chi connectivity index (χ4v) is 2.67. The Morgan fingerprint density at radius 1 is 1.42 bits per heavy atom. The Morgan fingerprint density at radius 2 is 2.05 bits per heavy atom. The number of nitrogens with one attached hydrogen (secondary N) is 1. The first-order valence-electron chi connectivity index (χ1n) is 6.91. The summed E-state index contributed by atoms with van der Waals surface area (Å²) in [5, 5.41) is 2.98. The number of amides is 2. The first kappa shape index (κ1) is 16.3. The molecule has 2 amide bonds. The van der Waals surface area contributed by atoms with Gasteiger partial charge in [0.1, 0.15) is 0 Å². The van der Waals surface area contributed by atoms with Gasteiger partial charge in [-0.25, -0.2) is 0 Å². The zero-order chi connectivity index (χ0) is 14.3. The molecular formula is C13H25N3O2S. The summed E-state index contributed by atoms with van der Waals surface area (Å²) in [5.41, 5.74) is 5.90. The van der Waals surface area contributed by atoms with Crippen LogP contribution in [-0.2, 0) is 9.59 Å². The quantitative estimate of drug-likeness (QED) is 0.749. The normalized spacial score (nSPS) is 18.2. The molecule has 6 heteroatoms. The Morgan fingerprint density at radius 3 is 2.58 bits per heavy atom. The van der Waals surface area contributed by atoms with Crippen molar-refractivity contribution in [3.05, 3.63) is 0 Å². The first-order valence-corrected chi connectivity index (χ1v) is 8.30. The number of piperidine rings is 1. The molecule has 1 aliphatic rings. The summed E-state index contributed by atoms with van der Waals surface area (Å²) in [6, 6.07) is -0.173. The fraction of sp³-hybridized carbons (Fsp3) is 0.846. The summed E-state index contributed by atoms with van der Waals surface area (Å²) < 4.78 is 0. The van der Waals surface area contributed by atoms with Crippen LogP contribution in [0, 0.1) is 0 Å². The molecule has 0 radical (unpaired) electrons. The molecule has 0 unspecified atom stereocenters. The van der Waals surface area contributed by atoms with E-state index in [0.717, 1.165) is 25.0 Å². The maximum absolute atomic E-state index is 12.1. The van der Waals surface area contributed by atoms with Crippen molar-refractivity contribution in [3.63, 3.8) is 0 Å². The average molecular weight is 287 g/mol. The minimum Gasteiger partial charge on any atom is -0.353 e. The second-order valence-corrected chi connectivity index (χ2v) is 5.89. The molecule has 1 atom stereocenters. The number of hydrogen-bond acceptors (Lipinski definition) is 4. The summed E-state index contributed by atoms with van der Waals surface area (Å²) in [6.07, 6.45) is 4.91. The van der Waals surface area contributed by atoms with Crippen molar-refractivity contribution in [2.75, 3.05) is 25.1 Å². The van der Waals surface area contributed by atoms with Crippen molar-refractivity contribution in [2.45, 2.75) is 44.7 Å². The van der Waals surface area contributed by atoms with Crippen molar-refractivity contribution in [2.24, 2.45) is 5.73 Å². The number of carbonyl (C=O) groups excluding carboxylic acids is 2. The second-order valence-electron chi connectivity index (χ2n) is 4.91. The van der Waals surface area contributed by atoms with Crippen LogP contribution in [0.4, 0.5) is 0 Å². The Balaban J connectivity index is 2.32. The largest absolute Gasteiger partial charge is 0.353 e. The molecule has 0 aromatic carbocycles. The Hall–Kier alpha value is -0.750. The number of hydrogen-bond donors (Lipinski definition) is 2. The molecule has 0 spiro atoms. The molecule has 3 N–H and O–H groups in total. The van der Waals surface area contributed by atoms with E-state index in [9.17, 15) is 9.59 Å². The van der Waals surface area contributed by atoms with Crippen LogP contribution in [0.25, 0.3) is 0 Å². The standard InChI is InChI=1S/C13H25N3O2S/c1-3-12(17)15-10-4-7-16(8-5-10)13(18)11(14)6-9-19-2/h10-11H,3-9,14H2,1-2H3,(H,15,17)/t11-/m1/s1. The van der Waals surface area contributed by atoms with Gasteiger partial charge in [0.25, 0.3) is 0 Å². The molecular weight excluding hydrogens is 262 g/mol. The number of thioether (sulfide) groups is 1. The highest BCUT2D eigenvalue weighted by molar-refractivity contribution is 7.98. The number of carbonyl (C=O) groups is 2. The van der Waals surface area contributed by atoms with Gasteiger partial charge in [-0.1, -0.05) is 6.92 Å². The van der Waals surface area contributed by atoms with E-state index in [1.165, 1.54) is 0 Å². The van der Waals surface area contributed by atoms with Gasteiger partial charge in [-0.2, -0.15) is 11.8 Å². The zero-order valence-corrected chi connectivity index (χ0v) is 12.7. The van der Waals surface area contributed by atoms with Gasteiger partial charge in [0.15, 0.2) is 0 Å². The molecule has 0 saturated carbocycles. The van der Waals surface area contributed by atoms with Crippen LogP contribution in [0.2, 0.25) is 0 Å². The van der Waals surface area contributed by atoms with Gasteiger partial charge in [-0.05, 0) is 31.3 Å². The number of nitrogens with two attached hydrogens (primary N) is 1. The smallest absolute Gasteiger partial charge is 0.239 e. The van der Waals surface area contributed by atoms with Crippen molar-refractivity contribution in [1.29, 1.82) is 0 Å². The van der Waals surface area contributed by atoms with Crippen LogP contribution in [0.3, 0.4) is 0 Å². The first-order chi connectivity index (χ1) is 9.08. The van der Waals surface area contributed by atoms with Crippen molar-refractivity contribution >= 4 is 23.6 Å². The zero-order valence-electron chi connectivity index (χ0n) is 11.9. The van der Waals surface area contributed by atoms with Gasteiger partial charge in [0, 0.05) is 25.6 Å². The maximum atomic E-state index is 12.1. The van der Waals surface area contributed by atoms with Gasteiger partial charge in [-0.3, -0.25) is 9.59 Å². The van der Waals surface area contributed by atoms with Gasteiger partial charge >= 0.3 is 0 Å². The molecule has 1 heterocycles. The molecule has 0 aromatic rings. The topological polar surface area (TPSA) is 75.4 Å². The van der Waals surface area contributed by atoms with Crippen molar-refractivity contribution < 1.29 is 9.59 Å². The van der Waals surface area contributed by atoms with E-state index in [1.807, 2.05) is 18.1 Å². The third-order valence-electron chi connectivity index (χ3n) is 3.44. The molecule has 0 aromatic heterocycles. The SMILES string of the molecule is CCC(=O)NC1CCN(C(=O)[C@H](N)CCSC)CC1. The highest BCUT2D eigenvalue weighted by Gasteiger charge is 2.26. The average Bonchev–Trinajstić information content (AvgIpc) is 2.44. The minimum atomic E-state index is -0.380. The van der Waals surface area contributed by atoms with Gasteiger partial charge in [0.05, 0.1) is 6.04 Å². The van der Waals surface area contributed by atoms with E-state index in [2.05, 4.69) is 5.32 Å². The van der Waals surface area contributed by atoms with E-state index in [4.69, 9.17) is 5.73 Å². The van der Waals surface area contributed by atoms with Crippen LogP contribution < -0.4 is 11.1 Å². The maximum Gasteiger partial charge on any atom is 0.239 e. The molecule has 0 bridgehead atoms. The summed E-state index contributed by atoms with van der Waals surface area (Å²) in [7, 11) is 0. The highest BCUT2D eigenvalue weighted by atomic mass is 32.2. The lowest BCUT2D eigenvalue weighted by Gasteiger charge is -2.33. The lowest BCUT2D eigenvalue weighted by atomic mass is 10.0. The monoisotopic (exact) mass is 287 g/mol. The molecule has 1 rings (SSSR count). The molecule has 110 valence electrons. The third-order valence-corrected chi connectivity index (χ3v) is 4.09. The van der Waals surface area contributed by atoms with E-state index in [-0.39, 0.29) is 23.9 Å². The van der Waals surface area contributed by atoms with Crippen LogP contribution in [0.1, 0.15) is 32.6 Å². The summed E-state index contributed by atoms with van der Waals surface area (Å²) in [6.45, 7) is 3.24.